The number of anilines is 1. The first kappa shape index (κ1) is 19.7. The van der Waals surface area contributed by atoms with Crippen LogP contribution in [0.2, 0.25) is 0 Å². The van der Waals surface area contributed by atoms with Crippen molar-refractivity contribution in [2.45, 2.75) is 33.3 Å². The number of hydrogen-bond donors (Lipinski definition) is 1. The molecule has 26 heavy (non-hydrogen) atoms. The van der Waals surface area contributed by atoms with Gasteiger partial charge in [0.1, 0.15) is 5.69 Å². The lowest BCUT2D eigenvalue weighted by Gasteiger charge is -2.29. The molecule has 1 N–H and O–H groups in total. The van der Waals surface area contributed by atoms with E-state index in [0.29, 0.717) is 12.2 Å². The van der Waals surface area contributed by atoms with Crippen molar-refractivity contribution < 1.29 is 5.11 Å². The van der Waals surface area contributed by atoms with Gasteiger partial charge in [0.25, 0.3) is 5.56 Å². The van der Waals surface area contributed by atoms with Crippen LogP contribution in [0, 0.1) is 6.92 Å². The van der Waals surface area contributed by atoms with Crippen molar-refractivity contribution >= 4 is 11.3 Å². The van der Waals surface area contributed by atoms with Crippen molar-refractivity contribution in [1.82, 2.24) is 9.55 Å². The van der Waals surface area contributed by atoms with Crippen LogP contribution in [0.5, 0.6) is 0 Å². The lowest BCUT2D eigenvalue weighted by Crippen LogP contribution is -2.36. The molecule has 0 saturated heterocycles. The maximum atomic E-state index is 12.4. The SMILES string of the molecule is C=C/C=C(/C)c1cc(-n2ccnc(C)c2=O)ccc1N(C)CC(C)(C)O. The normalized spacial score (nSPS) is 12.2. The Bertz CT molecular complexity index is 889. The number of aliphatic hydroxyl groups is 1. The minimum atomic E-state index is -0.820. The lowest BCUT2D eigenvalue weighted by molar-refractivity contribution is 0.0886. The van der Waals surface area contributed by atoms with Crippen LogP contribution in [0.1, 0.15) is 32.0 Å². The van der Waals surface area contributed by atoms with E-state index in [1.807, 2.05) is 43.1 Å². The average molecular weight is 353 g/mol. The molecule has 0 aliphatic carbocycles. The van der Waals surface area contributed by atoms with Gasteiger partial charge in [-0.2, -0.15) is 0 Å². The van der Waals surface area contributed by atoms with Crippen molar-refractivity contribution in [3.8, 4) is 5.69 Å². The topological polar surface area (TPSA) is 58.4 Å². The van der Waals surface area contributed by atoms with Gasteiger partial charge in [-0.15, -0.1) is 0 Å². The van der Waals surface area contributed by atoms with E-state index in [4.69, 9.17) is 0 Å². The van der Waals surface area contributed by atoms with Gasteiger partial charge in [-0.05, 0) is 51.5 Å². The van der Waals surface area contributed by atoms with Crippen LogP contribution < -0.4 is 10.5 Å². The summed E-state index contributed by atoms with van der Waals surface area (Å²) in [6, 6.07) is 5.85. The number of rotatable bonds is 6. The largest absolute Gasteiger partial charge is 0.389 e. The molecule has 0 radical (unpaired) electrons. The molecule has 5 heteroatoms. The third kappa shape index (κ3) is 4.49. The summed E-state index contributed by atoms with van der Waals surface area (Å²) in [5.41, 5.74) is 3.25. The van der Waals surface area contributed by atoms with E-state index in [1.165, 1.54) is 0 Å². The number of allylic oxidation sites excluding steroid dienone is 3. The van der Waals surface area contributed by atoms with Crippen molar-refractivity contribution in [3.63, 3.8) is 0 Å². The van der Waals surface area contributed by atoms with Gasteiger partial charge in [-0.3, -0.25) is 14.3 Å². The highest BCUT2D eigenvalue weighted by Gasteiger charge is 2.19. The van der Waals surface area contributed by atoms with E-state index in [0.717, 1.165) is 22.5 Å². The Morgan fingerprint density at radius 1 is 1.42 bits per heavy atom. The van der Waals surface area contributed by atoms with Crippen LogP contribution in [0.25, 0.3) is 11.3 Å². The first-order chi connectivity index (χ1) is 12.1. The molecule has 0 bridgehead atoms. The zero-order chi connectivity index (χ0) is 19.5. The number of nitrogens with zero attached hydrogens (tertiary/aromatic N) is 3. The van der Waals surface area contributed by atoms with Crippen molar-refractivity contribution in [2.75, 3.05) is 18.5 Å². The van der Waals surface area contributed by atoms with E-state index < -0.39 is 5.60 Å². The zero-order valence-corrected chi connectivity index (χ0v) is 16.2. The maximum absolute atomic E-state index is 12.4. The molecule has 0 saturated carbocycles. The Kier molecular flexibility index (Phi) is 5.83. The third-order valence-corrected chi connectivity index (χ3v) is 4.10. The number of likely N-dealkylation sites (N-methyl/N-ethyl adjacent to an activating group) is 1. The van der Waals surface area contributed by atoms with Crippen LogP contribution >= 0.6 is 0 Å². The summed E-state index contributed by atoms with van der Waals surface area (Å²) in [7, 11) is 1.94. The predicted molar refractivity (Wildman–Crippen MR) is 108 cm³/mol. The first-order valence-electron chi connectivity index (χ1n) is 8.56. The Morgan fingerprint density at radius 3 is 2.73 bits per heavy atom. The van der Waals surface area contributed by atoms with Gasteiger partial charge in [0, 0.05) is 42.9 Å². The molecule has 0 fully saturated rings. The second kappa shape index (κ2) is 7.70. The molecule has 2 rings (SSSR count). The molecule has 1 aromatic heterocycles. The van der Waals surface area contributed by atoms with Crippen LogP contribution in [-0.4, -0.2) is 33.9 Å². The fourth-order valence-corrected chi connectivity index (χ4v) is 2.97. The Labute approximate surface area is 154 Å². The van der Waals surface area contributed by atoms with Gasteiger partial charge >= 0.3 is 0 Å². The Hall–Kier alpha value is -2.66. The monoisotopic (exact) mass is 353 g/mol. The van der Waals surface area contributed by atoms with E-state index in [2.05, 4.69) is 11.6 Å². The zero-order valence-electron chi connectivity index (χ0n) is 16.2. The highest BCUT2D eigenvalue weighted by molar-refractivity contribution is 5.78. The molecular formula is C21H27N3O2. The van der Waals surface area contributed by atoms with E-state index in [9.17, 15) is 9.90 Å². The maximum Gasteiger partial charge on any atom is 0.276 e. The summed E-state index contributed by atoms with van der Waals surface area (Å²) in [6.45, 7) is 11.5. The second-order valence-corrected chi connectivity index (χ2v) is 7.14. The molecule has 5 nitrogen and oxygen atoms in total. The molecule has 1 heterocycles. The predicted octanol–water partition coefficient (Wildman–Crippen LogP) is 3.34. The van der Waals surface area contributed by atoms with E-state index in [-0.39, 0.29) is 5.56 Å². The van der Waals surface area contributed by atoms with Gasteiger partial charge in [-0.25, -0.2) is 0 Å². The number of benzene rings is 1. The van der Waals surface area contributed by atoms with E-state index in [1.54, 1.807) is 43.8 Å². The second-order valence-electron chi connectivity index (χ2n) is 7.14. The summed E-state index contributed by atoms with van der Waals surface area (Å²) in [6.07, 6.45) is 6.96. The van der Waals surface area contributed by atoms with Crippen LogP contribution in [0.4, 0.5) is 5.69 Å². The highest BCUT2D eigenvalue weighted by atomic mass is 16.3. The van der Waals surface area contributed by atoms with E-state index >= 15 is 0 Å². The molecule has 138 valence electrons. The molecule has 0 unspecified atom stereocenters. The van der Waals surface area contributed by atoms with Crippen LogP contribution in [0.15, 0.2) is 54.1 Å². The van der Waals surface area contributed by atoms with Gasteiger partial charge in [-0.1, -0.05) is 18.7 Å². The summed E-state index contributed by atoms with van der Waals surface area (Å²) in [5, 5.41) is 10.2. The number of aromatic nitrogens is 2. The van der Waals surface area contributed by atoms with Crippen LogP contribution in [0.3, 0.4) is 0 Å². The fourth-order valence-electron chi connectivity index (χ4n) is 2.97. The fraction of sp³-hybridized carbons (Fsp3) is 0.333. The average Bonchev–Trinajstić information content (AvgIpc) is 2.55. The summed E-state index contributed by atoms with van der Waals surface area (Å²) < 4.78 is 1.59. The molecule has 0 amide bonds. The smallest absolute Gasteiger partial charge is 0.276 e. The van der Waals surface area contributed by atoms with Gasteiger partial charge in [0.05, 0.1) is 5.60 Å². The molecule has 0 aliphatic heterocycles. The first-order valence-corrected chi connectivity index (χ1v) is 8.56. The minimum absolute atomic E-state index is 0.138. The Morgan fingerprint density at radius 2 is 2.12 bits per heavy atom. The van der Waals surface area contributed by atoms with Gasteiger partial charge in [0.2, 0.25) is 0 Å². The van der Waals surface area contributed by atoms with Gasteiger partial charge < -0.3 is 10.0 Å². The molecule has 1 aromatic carbocycles. The molecule has 0 atom stereocenters. The molecule has 0 spiro atoms. The highest BCUT2D eigenvalue weighted by Crippen LogP contribution is 2.29. The number of hydrogen-bond acceptors (Lipinski definition) is 4. The lowest BCUT2D eigenvalue weighted by atomic mass is 10.0. The minimum Gasteiger partial charge on any atom is -0.389 e. The Balaban J connectivity index is 2.62. The van der Waals surface area contributed by atoms with Gasteiger partial charge in [0.15, 0.2) is 0 Å². The van der Waals surface area contributed by atoms with Crippen LogP contribution in [-0.2, 0) is 0 Å². The third-order valence-electron chi connectivity index (χ3n) is 4.10. The van der Waals surface area contributed by atoms with Crippen molar-refractivity contribution in [1.29, 1.82) is 0 Å². The molecule has 0 aliphatic rings. The van der Waals surface area contributed by atoms with Crippen molar-refractivity contribution in [3.05, 3.63) is 70.9 Å². The standard InChI is InChI=1S/C21H27N3O2/c1-7-8-15(2)18-13-17(24-12-11-22-16(3)20(24)25)9-10-19(18)23(6)14-21(4,5)26/h7-13,26H,1,14H2,2-6H3/b15-8-. The summed E-state index contributed by atoms with van der Waals surface area (Å²) in [5.74, 6) is 0. The number of aryl methyl sites for hydroxylation is 1. The van der Waals surface area contributed by atoms with Crippen molar-refractivity contribution in [2.24, 2.45) is 0 Å². The molecule has 2 aromatic rings. The summed E-state index contributed by atoms with van der Waals surface area (Å²) >= 11 is 0. The summed E-state index contributed by atoms with van der Waals surface area (Å²) in [4.78, 5) is 18.5. The quantitative estimate of drug-likeness (QED) is 0.809. The molecular weight excluding hydrogens is 326 g/mol.